The van der Waals surface area contributed by atoms with Gasteiger partial charge in [0.2, 0.25) is 10.0 Å². The van der Waals surface area contributed by atoms with E-state index in [-0.39, 0.29) is 10.8 Å². The fourth-order valence-electron chi connectivity index (χ4n) is 3.84. The van der Waals surface area contributed by atoms with Gasteiger partial charge in [-0.3, -0.25) is 10.1 Å². The Morgan fingerprint density at radius 1 is 0.912 bits per heavy atom. The van der Waals surface area contributed by atoms with Crippen molar-refractivity contribution in [3.63, 3.8) is 0 Å². The van der Waals surface area contributed by atoms with Gasteiger partial charge in [-0.05, 0) is 57.3 Å². The van der Waals surface area contributed by atoms with Crippen molar-refractivity contribution < 1.29 is 13.2 Å². The van der Waals surface area contributed by atoms with E-state index in [2.05, 4.69) is 25.2 Å². The summed E-state index contributed by atoms with van der Waals surface area (Å²) in [6, 6.07) is 10.1. The average molecular weight is 497 g/mol. The molecule has 4 aromatic rings. The smallest absolute Gasteiger partial charge is 0.257 e. The zero-order chi connectivity index (χ0) is 24.0. The number of rotatable bonds is 4. The Bertz CT molecular complexity index is 1520. The first-order valence-corrected chi connectivity index (χ1v) is 13.1. The predicted octanol–water partition coefficient (Wildman–Crippen LogP) is 3.04. The lowest BCUT2D eigenvalue weighted by atomic mass is 10.1. The number of likely N-dealkylation sites (N-methyl/N-ethyl adjacent to an activating group) is 1. The summed E-state index contributed by atoms with van der Waals surface area (Å²) in [6.45, 7) is 6.13. The molecule has 1 fully saturated rings. The van der Waals surface area contributed by atoms with Crippen molar-refractivity contribution in [3.8, 4) is 0 Å². The largest absolute Gasteiger partial charge is 0.304 e. The van der Waals surface area contributed by atoms with E-state index < -0.39 is 10.0 Å². The van der Waals surface area contributed by atoms with Crippen LogP contribution in [0.3, 0.4) is 0 Å². The van der Waals surface area contributed by atoms with E-state index in [1.54, 1.807) is 36.4 Å². The van der Waals surface area contributed by atoms with Crippen molar-refractivity contribution in [1.82, 2.24) is 24.2 Å². The Balaban J connectivity index is 1.38. The summed E-state index contributed by atoms with van der Waals surface area (Å²) in [4.78, 5) is 28.7. The van der Waals surface area contributed by atoms with Gasteiger partial charge in [-0.2, -0.15) is 4.31 Å². The number of piperazine rings is 1. The minimum Gasteiger partial charge on any atom is -0.304 e. The lowest BCUT2D eigenvalue weighted by Crippen LogP contribution is -2.46. The fraction of sp³-hybridized carbons (Fsp3) is 0.304. The van der Waals surface area contributed by atoms with Crippen LogP contribution in [0.15, 0.2) is 41.3 Å². The molecule has 1 aliphatic heterocycles. The second-order valence-corrected chi connectivity index (χ2v) is 11.4. The summed E-state index contributed by atoms with van der Waals surface area (Å²) in [5, 5.41) is 3.22. The van der Waals surface area contributed by atoms with Crippen LogP contribution in [0.5, 0.6) is 0 Å². The van der Waals surface area contributed by atoms with Gasteiger partial charge < -0.3 is 4.90 Å². The number of aryl methyl sites for hydroxylation is 2. The van der Waals surface area contributed by atoms with E-state index in [0.29, 0.717) is 52.6 Å². The highest BCUT2D eigenvalue weighted by molar-refractivity contribution is 7.89. The molecule has 3 heterocycles. The van der Waals surface area contributed by atoms with Crippen molar-refractivity contribution in [2.24, 2.45) is 0 Å². The molecule has 1 N–H and O–H groups in total. The van der Waals surface area contributed by atoms with Gasteiger partial charge in [-0.25, -0.2) is 23.4 Å². The number of carbonyl (C=O) groups is 1. The van der Waals surface area contributed by atoms with E-state index in [4.69, 9.17) is 0 Å². The lowest BCUT2D eigenvalue weighted by Gasteiger charge is -2.31. The van der Waals surface area contributed by atoms with Gasteiger partial charge >= 0.3 is 0 Å². The lowest BCUT2D eigenvalue weighted by molar-refractivity contribution is 0.102. The van der Waals surface area contributed by atoms with E-state index >= 15 is 0 Å². The van der Waals surface area contributed by atoms with E-state index in [1.165, 1.54) is 15.6 Å². The molecule has 0 atom stereocenters. The van der Waals surface area contributed by atoms with E-state index in [0.717, 1.165) is 16.9 Å². The number of anilines is 1. The molecule has 5 rings (SSSR count). The van der Waals surface area contributed by atoms with Crippen LogP contribution in [-0.4, -0.2) is 71.7 Å². The molecule has 1 amide bonds. The molecular formula is C23H24N6O3S2. The highest BCUT2D eigenvalue weighted by Gasteiger charge is 2.28. The number of benzene rings is 2. The maximum atomic E-state index is 13.1. The first-order valence-electron chi connectivity index (χ1n) is 10.9. The summed E-state index contributed by atoms with van der Waals surface area (Å²) in [7, 11) is -1.59. The second kappa shape index (κ2) is 8.66. The van der Waals surface area contributed by atoms with Crippen LogP contribution in [0.4, 0.5) is 5.13 Å². The van der Waals surface area contributed by atoms with Gasteiger partial charge in [0.05, 0.1) is 37.5 Å². The Morgan fingerprint density at radius 3 is 2.32 bits per heavy atom. The Hall–Kier alpha value is -2.99. The Labute approximate surface area is 201 Å². The summed E-state index contributed by atoms with van der Waals surface area (Å²) >= 11 is 1.24. The minimum atomic E-state index is -3.58. The maximum Gasteiger partial charge on any atom is 0.257 e. The van der Waals surface area contributed by atoms with Gasteiger partial charge in [0.25, 0.3) is 5.91 Å². The second-order valence-electron chi connectivity index (χ2n) is 8.41. The number of carbonyl (C=O) groups excluding carboxylic acids is 1. The van der Waals surface area contributed by atoms with Crippen LogP contribution in [0, 0.1) is 13.8 Å². The number of sulfonamides is 1. The summed E-state index contributed by atoms with van der Waals surface area (Å²) in [6.07, 6.45) is 0. The van der Waals surface area contributed by atoms with Gasteiger partial charge in [0, 0.05) is 31.7 Å². The molecule has 34 heavy (non-hydrogen) atoms. The normalized spacial score (nSPS) is 15.7. The first kappa shape index (κ1) is 22.8. The number of hydrogen-bond donors (Lipinski definition) is 1. The van der Waals surface area contributed by atoms with Crippen LogP contribution < -0.4 is 5.32 Å². The fourth-order valence-corrected chi connectivity index (χ4v) is 6.26. The van der Waals surface area contributed by atoms with Crippen molar-refractivity contribution in [2.45, 2.75) is 18.7 Å². The topological polar surface area (TPSA) is 108 Å². The molecular weight excluding hydrogens is 472 g/mol. The number of hydrogen-bond acceptors (Lipinski definition) is 8. The standard InChI is InChI=1S/C23H24N6O3S2/c1-14-15(2)25-20-12-16(4-6-18(20)24-14)22(30)27-23-26-19-7-5-17(13-21(19)33-23)34(31,32)29-10-8-28(3)9-11-29/h4-7,12-13H,8-11H2,1-3H3,(H,26,27,30). The number of amides is 1. The zero-order valence-electron chi connectivity index (χ0n) is 19.1. The highest BCUT2D eigenvalue weighted by atomic mass is 32.2. The van der Waals surface area contributed by atoms with E-state index in [9.17, 15) is 13.2 Å². The minimum absolute atomic E-state index is 0.241. The number of thiazole rings is 1. The van der Waals surface area contributed by atoms with Gasteiger partial charge in [-0.15, -0.1) is 0 Å². The number of aromatic nitrogens is 3. The molecule has 0 bridgehead atoms. The van der Waals surface area contributed by atoms with Gasteiger partial charge in [0.1, 0.15) is 0 Å². The molecule has 11 heteroatoms. The third-order valence-corrected chi connectivity index (χ3v) is 8.85. The third kappa shape index (κ3) is 4.27. The summed E-state index contributed by atoms with van der Waals surface area (Å²) in [5.41, 5.74) is 4.13. The number of fused-ring (bicyclic) bond motifs is 2. The number of nitrogens with zero attached hydrogens (tertiary/aromatic N) is 5. The van der Waals surface area contributed by atoms with E-state index in [1.807, 2.05) is 20.9 Å². The molecule has 2 aromatic heterocycles. The van der Waals surface area contributed by atoms with Gasteiger partial charge in [-0.1, -0.05) is 11.3 Å². The molecule has 2 aromatic carbocycles. The maximum absolute atomic E-state index is 13.1. The van der Waals surface area contributed by atoms with Crippen molar-refractivity contribution in [1.29, 1.82) is 0 Å². The van der Waals surface area contributed by atoms with Crippen molar-refractivity contribution in [3.05, 3.63) is 53.3 Å². The molecule has 1 aliphatic rings. The summed E-state index contributed by atoms with van der Waals surface area (Å²) < 4.78 is 28.4. The monoisotopic (exact) mass is 496 g/mol. The summed E-state index contributed by atoms with van der Waals surface area (Å²) in [5.74, 6) is -0.314. The molecule has 9 nitrogen and oxygen atoms in total. The molecule has 1 saturated heterocycles. The predicted molar refractivity (Wildman–Crippen MR) is 133 cm³/mol. The zero-order valence-corrected chi connectivity index (χ0v) is 20.7. The highest BCUT2D eigenvalue weighted by Crippen LogP contribution is 2.30. The molecule has 0 unspecified atom stereocenters. The average Bonchev–Trinajstić information content (AvgIpc) is 3.21. The van der Waals surface area contributed by atoms with Crippen molar-refractivity contribution in [2.75, 3.05) is 38.5 Å². The van der Waals surface area contributed by atoms with Gasteiger partial charge in [0.15, 0.2) is 5.13 Å². The Morgan fingerprint density at radius 2 is 1.59 bits per heavy atom. The third-order valence-electron chi connectivity index (χ3n) is 6.02. The molecule has 0 aliphatic carbocycles. The Kier molecular flexibility index (Phi) is 5.80. The van der Waals surface area contributed by atoms with Crippen LogP contribution in [0.1, 0.15) is 21.7 Å². The van der Waals surface area contributed by atoms with Crippen LogP contribution in [0.25, 0.3) is 21.3 Å². The van der Waals surface area contributed by atoms with Crippen molar-refractivity contribution >= 4 is 53.6 Å². The van der Waals surface area contributed by atoms with Crippen LogP contribution in [-0.2, 0) is 10.0 Å². The molecule has 0 radical (unpaired) electrons. The first-order chi connectivity index (χ1) is 16.2. The number of nitrogens with one attached hydrogen (secondary N) is 1. The van der Waals surface area contributed by atoms with Crippen LogP contribution >= 0.6 is 11.3 Å². The van der Waals surface area contributed by atoms with Crippen LogP contribution in [0.2, 0.25) is 0 Å². The molecule has 176 valence electrons. The molecule has 0 spiro atoms. The quantitative estimate of drug-likeness (QED) is 0.463. The molecule has 0 saturated carbocycles. The SMILES string of the molecule is Cc1nc2ccc(C(=O)Nc3nc4ccc(S(=O)(=O)N5CCN(C)CC5)cc4s3)cc2nc1C.